The van der Waals surface area contributed by atoms with Gasteiger partial charge in [0.05, 0.1) is 5.70 Å². The molecule has 1 aromatic rings. The molecule has 1 aliphatic rings. The monoisotopic (exact) mass is 382 g/mol. The highest BCUT2D eigenvalue weighted by Gasteiger charge is 2.19. The first-order chi connectivity index (χ1) is 13.4. The Bertz CT molecular complexity index is 798. The summed E-state index contributed by atoms with van der Waals surface area (Å²) in [5.41, 5.74) is 3.17. The van der Waals surface area contributed by atoms with Gasteiger partial charge in [-0.05, 0) is 58.0 Å². The highest BCUT2D eigenvalue weighted by molar-refractivity contribution is 5.95. The van der Waals surface area contributed by atoms with Gasteiger partial charge in [0.2, 0.25) is 0 Å². The van der Waals surface area contributed by atoms with Gasteiger partial charge in [0.25, 0.3) is 5.91 Å². The van der Waals surface area contributed by atoms with E-state index in [4.69, 9.17) is 4.99 Å². The van der Waals surface area contributed by atoms with Crippen LogP contribution >= 0.6 is 0 Å². The summed E-state index contributed by atoms with van der Waals surface area (Å²) in [4.78, 5) is 32.6. The number of ketones is 1. The zero-order chi connectivity index (χ0) is 20.7. The molecule has 0 atom stereocenters. The Balaban J connectivity index is 2.05. The molecule has 1 aromatic carbocycles. The Labute approximate surface area is 167 Å². The average molecular weight is 383 g/mol. The molecule has 2 rings (SSSR count). The molecule has 0 saturated carbocycles. The fourth-order valence-electron chi connectivity index (χ4n) is 3.09. The predicted octanol–water partition coefficient (Wildman–Crippen LogP) is 3.03. The third kappa shape index (κ3) is 5.31. The lowest BCUT2D eigenvalue weighted by Gasteiger charge is -2.37. The van der Waals surface area contributed by atoms with Gasteiger partial charge in [0.1, 0.15) is 5.84 Å². The van der Waals surface area contributed by atoms with E-state index in [1.54, 1.807) is 14.0 Å². The van der Waals surface area contributed by atoms with Crippen LogP contribution in [0.15, 0.2) is 52.7 Å². The van der Waals surface area contributed by atoms with Crippen molar-refractivity contribution in [2.75, 3.05) is 38.1 Å². The van der Waals surface area contributed by atoms with Crippen LogP contribution in [-0.4, -0.2) is 55.7 Å². The molecule has 0 aliphatic carbocycles. The summed E-state index contributed by atoms with van der Waals surface area (Å²) in [6, 6.07) is 7.69. The minimum absolute atomic E-state index is 0.0367. The summed E-state index contributed by atoms with van der Waals surface area (Å²) < 4.78 is 0. The quantitative estimate of drug-likeness (QED) is 0.368. The zero-order valence-corrected chi connectivity index (χ0v) is 17.5. The van der Waals surface area contributed by atoms with Crippen LogP contribution in [0.1, 0.15) is 38.1 Å². The number of anilines is 1. The summed E-state index contributed by atoms with van der Waals surface area (Å²) in [7, 11) is 1.63. The molecule has 0 aromatic heterocycles. The molecule has 6 nitrogen and oxygen atoms in total. The first-order valence-corrected chi connectivity index (χ1v) is 9.59. The van der Waals surface area contributed by atoms with Crippen LogP contribution < -0.4 is 10.2 Å². The molecule has 150 valence electrons. The first-order valence-electron chi connectivity index (χ1n) is 9.59. The van der Waals surface area contributed by atoms with Gasteiger partial charge in [0, 0.05) is 50.1 Å². The number of hydrogen-bond acceptors (Lipinski definition) is 4. The van der Waals surface area contributed by atoms with Crippen LogP contribution in [-0.2, 0) is 4.79 Å². The van der Waals surface area contributed by atoms with E-state index in [0.29, 0.717) is 11.1 Å². The van der Waals surface area contributed by atoms with Gasteiger partial charge in [-0.15, -0.1) is 0 Å². The lowest BCUT2D eigenvalue weighted by molar-refractivity contribution is -0.113. The molecule has 1 saturated heterocycles. The van der Waals surface area contributed by atoms with Crippen LogP contribution in [0.5, 0.6) is 0 Å². The summed E-state index contributed by atoms with van der Waals surface area (Å²) in [5, 5.41) is 2.64. The number of aliphatic imine (C=N–C) groups is 1. The van der Waals surface area contributed by atoms with Crippen molar-refractivity contribution in [1.29, 1.82) is 0 Å². The number of hydrogen-bond donors (Lipinski definition) is 1. The molecule has 1 heterocycles. The molecule has 28 heavy (non-hydrogen) atoms. The highest BCUT2D eigenvalue weighted by Crippen LogP contribution is 2.18. The van der Waals surface area contributed by atoms with Crippen molar-refractivity contribution in [2.45, 2.75) is 27.7 Å². The Morgan fingerprint density at radius 3 is 2.14 bits per heavy atom. The Hall–Kier alpha value is -2.89. The third-order valence-corrected chi connectivity index (χ3v) is 4.98. The van der Waals surface area contributed by atoms with E-state index in [1.165, 1.54) is 0 Å². The minimum Gasteiger partial charge on any atom is -0.368 e. The van der Waals surface area contributed by atoms with Gasteiger partial charge in [-0.1, -0.05) is 6.08 Å². The van der Waals surface area contributed by atoms with Crippen molar-refractivity contribution in [3.05, 3.63) is 53.3 Å². The zero-order valence-electron chi connectivity index (χ0n) is 17.5. The van der Waals surface area contributed by atoms with E-state index >= 15 is 0 Å². The van der Waals surface area contributed by atoms with Crippen LogP contribution in [0.3, 0.4) is 0 Å². The number of carbonyl (C=O) groups excluding carboxylic acids is 2. The summed E-state index contributed by atoms with van der Waals surface area (Å²) in [6.45, 7) is 10.8. The van der Waals surface area contributed by atoms with Gasteiger partial charge in [-0.3, -0.25) is 9.59 Å². The first kappa shape index (κ1) is 21.4. The van der Waals surface area contributed by atoms with Crippen molar-refractivity contribution in [1.82, 2.24) is 10.2 Å². The smallest absolute Gasteiger partial charge is 0.251 e. The second-order valence-electron chi connectivity index (χ2n) is 6.83. The molecule has 1 amide bonds. The molecule has 1 N–H and O–H groups in total. The molecule has 1 fully saturated rings. The number of benzene rings is 1. The summed E-state index contributed by atoms with van der Waals surface area (Å²) >= 11 is 0. The van der Waals surface area contributed by atoms with Gasteiger partial charge >= 0.3 is 0 Å². The van der Waals surface area contributed by atoms with Gasteiger partial charge in [0.15, 0.2) is 5.78 Å². The molecule has 0 unspecified atom stereocenters. The summed E-state index contributed by atoms with van der Waals surface area (Å²) in [5.74, 6) is 0.882. The number of Topliss-reactive ketones (excluding diaryl/α,β-unsaturated/α-hetero) is 1. The largest absolute Gasteiger partial charge is 0.368 e. The summed E-state index contributed by atoms with van der Waals surface area (Å²) in [6.07, 6.45) is 3.78. The van der Waals surface area contributed by atoms with Gasteiger partial charge in [-0.2, -0.15) is 0 Å². The number of carbonyl (C=O) groups is 2. The van der Waals surface area contributed by atoms with E-state index < -0.39 is 0 Å². The number of piperazine rings is 1. The lowest BCUT2D eigenvalue weighted by Crippen LogP contribution is -2.48. The lowest BCUT2D eigenvalue weighted by atomic mass is 10.1. The van der Waals surface area contributed by atoms with E-state index in [-0.39, 0.29) is 11.7 Å². The Morgan fingerprint density at radius 1 is 1.04 bits per heavy atom. The maximum absolute atomic E-state index is 11.7. The number of amides is 1. The van der Waals surface area contributed by atoms with Crippen LogP contribution in [0.2, 0.25) is 0 Å². The number of nitrogens with zero attached hydrogens (tertiary/aromatic N) is 3. The molecule has 0 bridgehead atoms. The topological polar surface area (TPSA) is 65.0 Å². The van der Waals surface area contributed by atoms with Crippen molar-refractivity contribution in [3.8, 4) is 0 Å². The molecule has 0 radical (unpaired) electrons. The molecular weight excluding hydrogens is 352 g/mol. The third-order valence-electron chi connectivity index (χ3n) is 4.98. The SMILES string of the molecule is C/C=C\C(N=C(C)N1CCN(c2ccc(C(=O)NC)cc2)CC1)=C(/C)C(C)=O. The van der Waals surface area contributed by atoms with E-state index in [1.807, 2.05) is 57.2 Å². The van der Waals surface area contributed by atoms with Crippen LogP contribution in [0, 0.1) is 0 Å². The normalized spacial score (nSPS) is 16.2. The minimum atomic E-state index is -0.0750. The Morgan fingerprint density at radius 2 is 1.64 bits per heavy atom. The standard InChI is InChI=1S/C22H30N4O2/c1-6-7-21(16(2)17(3)27)24-18(4)25-12-14-26(15-13-25)20-10-8-19(9-11-20)22(28)23-5/h6-11H,12-15H2,1-5H3,(H,23,28)/b7-6-,21-16-,24-18?. The number of allylic oxidation sites excluding steroid dienone is 3. The molecular formula is C22H30N4O2. The average Bonchev–Trinajstić information content (AvgIpc) is 2.72. The maximum atomic E-state index is 11.7. The van der Waals surface area contributed by atoms with E-state index in [0.717, 1.165) is 43.4 Å². The van der Waals surface area contributed by atoms with Crippen molar-refractivity contribution < 1.29 is 9.59 Å². The number of nitrogens with one attached hydrogen (secondary N) is 1. The van der Waals surface area contributed by atoms with Crippen LogP contribution in [0.25, 0.3) is 0 Å². The van der Waals surface area contributed by atoms with Crippen molar-refractivity contribution in [3.63, 3.8) is 0 Å². The van der Waals surface area contributed by atoms with Crippen molar-refractivity contribution in [2.24, 2.45) is 4.99 Å². The fourth-order valence-corrected chi connectivity index (χ4v) is 3.09. The Kier molecular flexibility index (Phi) is 7.55. The number of amidine groups is 1. The van der Waals surface area contributed by atoms with Gasteiger partial charge < -0.3 is 15.1 Å². The highest BCUT2D eigenvalue weighted by atomic mass is 16.1. The van der Waals surface area contributed by atoms with E-state index in [9.17, 15) is 9.59 Å². The fraction of sp³-hybridized carbons (Fsp3) is 0.409. The maximum Gasteiger partial charge on any atom is 0.251 e. The second-order valence-corrected chi connectivity index (χ2v) is 6.83. The van der Waals surface area contributed by atoms with Crippen LogP contribution in [0.4, 0.5) is 5.69 Å². The van der Waals surface area contributed by atoms with E-state index in [2.05, 4.69) is 15.1 Å². The molecule has 6 heteroatoms. The van der Waals surface area contributed by atoms with Gasteiger partial charge in [-0.25, -0.2) is 4.99 Å². The molecule has 1 aliphatic heterocycles. The number of rotatable bonds is 5. The van der Waals surface area contributed by atoms with Crippen molar-refractivity contribution >= 4 is 23.2 Å². The molecule has 0 spiro atoms. The second kappa shape index (κ2) is 9.88. The predicted molar refractivity (Wildman–Crippen MR) is 115 cm³/mol.